The highest BCUT2D eigenvalue weighted by Gasteiger charge is 2.45. The SMILES string of the molecule is Cc1cc(C)c2c(c1)Oc1c(sc3ccc(F)cc13)B2c1cc2c(cc1C)Nc1cc(Nc3ccccc3)cc3c1B2c1cc(B2c4sc5ccc(F)cc5c4Oc4cc(C)cc(C)c42)c(C)cc1O3. The molecule has 4 aliphatic heterocycles. The van der Waals surface area contributed by atoms with Gasteiger partial charge < -0.3 is 24.8 Å². The molecule has 336 valence electrons. The third kappa shape index (κ3) is 6.22. The highest BCUT2D eigenvalue weighted by molar-refractivity contribution is 7.33. The lowest BCUT2D eigenvalue weighted by molar-refractivity contribution is 0.487. The van der Waals surface area contributed by atoms with Gasteiger partial charge in [0.05, 0.1) is 0 Å². The van der Waals surface area contributed by atoms with Gasteiger partial charge >= 0.3 is 0 Å². The maximum absolute atomic E-state index is 15.0. The van der Waals surface area contributed by atoms with Crippen molar-refractivity contribution in [2.45, 2.75) is 41.5 Å². The van der Waals surface area contributed by atoms with Crippen molar-refractivity contribution in [3.8, 4) is 34.5 Å². The van der Waals surface area contributed by atoms with Crippen LogP contribution in [0, 0.1) is 53.2 Å². The number of halogens is 2. The summed E-state index contributed by atoms with van der Waals surface area (Å²) in [5, 5.41) is 9.13. The quantitative estimate of drug-likeness (QED) is 0.172. The van der Waals surface area contributed by atoms with E-state index in [9.17, 15) is 0 Å². The Balaban J connectivity index is 1.01. The first-order chi connectivity index (χ1) is 33.9. The van der Waals surface area contributed by atoms with E-state index in [4.69, 9.17) is 14.2 Å². The molecule has 12 heteroatoms. The molecule has 0 amide bonds. The maximum atomic E-state index is 15.0. The van der Waals surface area contributed by atoms with Crippen molar-refractivity contribution in [1.82, 2.24) is 0 Å². The summed E-state index contributed by atoms with van der Waals surface area (Å²) in [6.07, 6.45) is 0. The van der Waals surface area contributed by atoms with Gasteiger partial charge in [0.1, 0.15) is 46.1 Å². The Morgan fingerprint density at radius 3 is 1.60 bits per heavy atom. The van der Waals surface area contributed by atoms with E-state index in [0.29, 0.717) is 0 Å². The lowest BCUT2D eigenvalue weighted by Gasteiger charge is -2.36. The van der Waals surface area contributed by atoms with Crippen LogP contribution < -0.4 is 72.6 Å². The van der Waals surface area contributed by atoms with Crippen LogP contribution in [0.1, 0.15) is 33.4 Å². The van der Waals surface area contributed by atoms with Crippen LogP contribution >= 0.6 is 22.7 Å². The van der Waals surface area contributed by atoms with E-state index in [2.05, 4.69) is 125 Å². The van der Waals surface area contributed by atoms with Gasteiger partial charge in [-0.05, 0) is 159 Å². The minimum atomic E-state index is -0.288. The largest absolute Gasteiger partial charge is 0.458 e. The number of thiophene rings is 2. The van der Waals surface area contributed by atoms with Crippen LogP contribution in [0.15, 0.2) is 127 Å². The summed E-state index contributed by atoms with van der Waals surface area (Å²) in [6, 6.07) is 42.6. The number of anilines is 4. The number of ether oxygens (including phenoxy) is 3. The molecule has 0 saturated carbocycles. The average molecular weight is 949 g/mol. The van der Waals surface area contributed by atoms with Crippen molar-refractivity contribution in [3.05, 3.63) is 172 Å². The molecule has 2 aromatic heterocycles. The van der Waals surface area contributed by atoms with Crippen LogP contribution in [0.25, 0.3) is 20.2 Å². The fourth-order valence-corrected chi connectivity index (χ4v) is 14.4. The zero-order valence-corrected chi connectivity index (χ0v) is 40.8. The molecule has 2 N–H and O–H groups in total. The van der Waals surface area contributed by atoms with Crippen LogP contribution in [0.4, 0.5) is 31.5 Å². The monoisotopic (exact) mass is 948 g/mol. The Hall–Kier alpha value is -7.27. The minimum Gasteiger partial charge on any atom is -0.458 e. The molecule has 6 heterocycles. The molecule has 0 radical (unpaired) electrons. The number of para-hydroxylation sites is 1. The minimum absolute atomic E-state index is 0.169. The second kappa shape index (κ2) is 15.1. The van der Waals surface area contributed by atoms with Crippen LogP contribution in [0.5, 0.6) is 34.5 Å². The molecule has 0 atom stereocenters. The Morgan fingerprint density at radius 2 is 1.00 bits per heavy atom. The maximum Gasteiger partial charge on any atom is 0.264 e. The van der Waals surface area contributed by atoms with Gasteiger partial charge in [0.25, 0.3) is 20.1 Å². The number of nitrogens with one attached hydrogen (secondary N) is 2. The van der Waals surface area contributed by atoms with E-state index < -0.39 is 0 Å². The molecule has 8 aromatic carbocycles. The van der Waals surface area contributed by atoms with Crippen LogP contribution in [-0.2, 0) is 0 Å². The number of hydrogen-bond donors (Lipinski definition) is 2. The number of benzene rings is 8. The van der Waals surface area contributed by atoms with Gasteiger partial charge in [0.2, 0.25) is 0 Å². The molecular formula is C58H41B3F2N2O3S2. The van der Waals surface area contributed by atoms with Gasteiger partial charge in [0, 0.05) is 58.5 Å². The van der Waals surface area contributed by atoms with Crippen molar-refractivity contribution in [3.63, 3.8) is 0 Å². The molecule has 0 fully saturated rings. The van der Waals surface area contributed by atoms with Crippen LogP contribution in [0.2, 0.25) is 0 Å². The van der Waals surface area contributed by atoms with Crippen molar-refractivity contribution in [2.24, 2.45) is 0 Å². The van der Waals surface area contributed by atoms with Gasteiger partial charge in [-0.2, -0.15) is 0 Å². The molecule has 0 bridgehead atoms. The second-order valence-electron chi connectivity index (χ2n) is 19.6. The second-order valence-corrected chi connectivity index (χ2v) is 21.7. The van der Waals surface area contributed by atoms with Crippen LogP contribution in [0.3, 0.4) is 0 Å². The molecule has 14 rings (SSSR count). The van der Waals surface area contributed by atoms with Crippen molar-refractivity contribution in [2.75, 3.05) is 10.6 Å². The molecule has 0 saturated heterocycles. The summed E-state index contributed by atoms with van der Waals surface area (Å²) in [4.78, 5) is 0. The average Bonchev–Trinajstić information content (AvgIpc) is 3.87. The first kappa shape index (κ1) is 41.7. The molecule has 0 aliphatic carbocycles. The van der Waals surface area contributed by atoms with Gasteiger partial charge in [-0.1, -0.05) is 75.6 Å². The van der Waals surface area contributed by atoms with Crippen molar-refractivity contribution >= 4 is 134 Å². The van der Waals surface area contributed by atoms with Gasteiger partial charge in [-0.15, -0.1) is 22.7 Å². The van der Waals surface area contributed by atoms with Gasteiger partial charge in [-0.3, -0.25) is 0 Å². The molecule has 10 aromatic rings. The normalized spacial score (nSPS) is 13.5. The third-order valence-electron chi connectivity index (χ3n) is 14.8. The summed E-state index contributed by atoms with van der Waals surface area (Å²) in [6.45, 7) is 12.3. The van der Waals surface area contributed by atoms with E-state index in [0.717, 1.165) is 153 Å². The Labute approximate surface area is 413 Å². The summed E-state index contributed by atoms with van der Waals surface area (Å²) in [5.41, 5.74) is 18.5. The summed E-state index contributed by atoms with van der Waals surface area (Å²) in [5.74, 6) is 4.08. The number of aryl methyl sites for hydroxylation is 6. The number of fused-ring (bicyclic) bond motifs is 12. The van der Waals surface area contributed by atoms with Gasteiger partial charge in [-0.25, -0.2) is 8.78 Å². The molecule has 5 nitrogen and oxygen atoms in total. The lowest BCUT2D eigenvalue weighted by atomic mass is 9.31. The summed E-state index contributed by atoms with van der Waals surface area (Å²) in [7, 11) is 0. The fourth-order valence-electron chi connectivity index (χ4n) is 11.9. The predicted octanol–water partition coefficient (Wildman–Crippen LogP) is 9.91. The highest BCUT2D eigenvalue weighted by Crippen LogP contribution is 2.42. The highest BCUT2D eigenvalue weighted by atomic mass is 32.1. The number of rotatable bonds is 4. The van der Waals surface area contributed by atoms with Crippen LogP contribution in [-0.4, -0.2) is 20.1 Å². The third-order valence-corrected chi connectivity index (χ3v) is 17.3. The smallest absolute Gasteiger partial charge is 0.264 e. The Morgan fingerprint density at radius 1 is 0.443 bits per heavy atom. The van der Waals surface area contributed by atoms with Crippen molar-refractivity contribution in [1.29, 1.82) is 0 Å². The molecule has 0 spiro atoms. The first-order valence-electron chi connectivity index (χ1n) is 23.7. The standard InChI is InChI=1S/C58H41B3F2N2O3S2/c1-28-16-32(5)52-47(18-28)67-55-38-22-34(62)12-14-50(38)69-57(55)60(52)40-26-42-44(20-30(40)3)65-45-24-37(64-36-10-8-7-9-11-36)25-49-54(45)59(42)43-27-41(31(4)21-46(43)66-49)61-53-33(6)17-29(2)19-48(53)68-56-39-23-35(63)13-15-51(39)70-58(56)61/h7-27,64-65H,1-6H3. The van der Waals surface area contributed by atoms with Crippen molar-refractivity contribution < 1.29 is 23.0 Å². The summed E-state index contributed by atoms with van der Waals surface area (Å²) >= 11 is 3.36. The first-order valence-corrected chi connectivity index (χ1v) is 25.3. The zero-order chi connectivity index (χ0) is 47.4. The van der Waals surface area contributed by atoms with Gasteiger partial charge in [0.15, 0.2) is 0 Å². The molecule has 4 aliphatic rings. The predicted molar refractivity (Wildman–Crippen MR) is 291 cm³/mol. The lowest BCUT2D eigenvalue weighted by Crippen LogP contribution is -2.63. The fraction of sp³-hybridized carbons (Fsp3) is 0.103. The van der Waals surface area contributed by atoms with E-state index in [1.807, 2.05) is 30.3 Å². The molecule has 70 heavy (non-hydrogen) atoms. The van der Waals surface area contributed by atoms with E-state index in [1.165, 1.54) is 17.6 Å². The Bertz CT molecular complexity index is 3730. The van der Waals surface area contributed by atoms with E-state index in [-0.39, 0.29) is 31.8 Å². The number of hydrogen-bond acceptors (Lipinski definition) is 7. The zero-order valence-electron chi connectivity index (χ0n) is 39.2. The van der Waals surface area contributed by atoms with E-state index >= 15 is 8.78 Å². The topological polar surface area (TPSA) is 51.8 Å². The summed E-state index contributed by atoms with van der Waals surface area (Å²) < 4.78 is 54.9. The van der Waals surface area contributed by atoms with E-state index in [1.54, 1.807) is 34.8 Å². The molecule has 0 unspecified atom stereocenters. The molecular weight excluding hydrogens is 907 g/mol. The Kier molecular flexibility index (Phi) is 9.00.